The average Bonchev–Trinajstić information content (AvgIpc) is 3.19. The Kier molecular flexibility index (Phi) is 5.77. The Morgan fingerprint density at radius 3 is 2.52 bits per heavy atom. The van der Waals surface area contributed by atoms with Crippen molar-refractivity contribution in [3.05, 3.63) is 38.6 Å². The van der Waals surface area contributed by atoms with Gasteiger partial charge in [0.1, 0.15) is 5.15 Å². The highest BCUT2D eigenvalue weighted by Gasteiger charge is 2.26. The Morgan fingerprint density at radius 2 is 2.00 bits per heavy atom. The van der Waals surface area contributed by atoms with Gasteiger partial charge in [0.05, 0.1) is 16.4 Å². The molecule has 1 saturated heterocycles. The molecule has 1 aliphatic heterocycles. The van der Waals surface area contributed by atoms with Gasteiger partial charge in [-0.15, -0.1) is 11.3 Å². The van der Waals surface area contributed by atoms with Crippen LogP contribution in [-0.2, 0) is 17.3 Å². The first-order chi connectivity index (χ1) is 12.7. The van der Waals surface area contributed by atoms with Crippen LogP contribution in [0.15, 0.2) is 11.5 Å². The molecule has 0 unspecified atom stereocenters. The molecule has 1 amide bonds. The van der Waals surface area contributed by atoms with Gasteiger partial charge in [-0.05, 0) is 25.8 Å². The summed E-state index contributed by atoms with van der Waals surface area (Å²) in [5, 5.41) is 8.20. The van der Waals surface area contributed by atoms with E-state index in [1.54, 1.807) is 35.2 Å². The molecule has 0 N–H and O–H groups in total. The van der Waals surface area contributed by atoms with E-state index >= 15 is 0 Å². The highest BCUT2D eigenvalue weighted by atomic mass is 35.5. The van der Waals surface area contributed by atoms with Crippen molar-refractivity contribution in [1.82, 2.24) is 19.7 Å². The molecule has 0 spiro atoms. The standard InChI is InChI=1S/C20H27ClN4OS/c1-13-15(18(21)24(5)23-13)6-7-17(26)25-10-8-14(9-11-25)19-22-16(12-27-19)20(2,3)4/h6-7,12,14H,8-11H2,1-5H3. The zero-order valence-electron chi connectivity index (χ0n) is 16.6. The van der Waals surface area contributed by atoms with Crippen LogP contribution in [0, 0.1) is 6.92 Å². The summed E-state index contributed by atoms with van der Waals surface area (Å²) in [5.41, 5.74) is 2.87. The largest absolute Gasteiger partial charge is 0.339 e. The molecule has 0 aliphatic carbocycles. The molecule has 1 fully saturated rings. The predicted molar refractivity (Wildman–Crippen MR) is 111 cm³/mol. The average molecular weight is 407 g/mol. The van der Waals surface area contributed by atoms with Gasteiger partial charge in [0.15, 0.2) is 0 Å². The first-order valence-corrected chi connectivity index (χ1v) is 10.5. The molecule has 0 radical (unpaired) electrons. The third-order valence-corrected chi connectivity index (χ3v) is 6.49. The van der Waals surface area contributed by atoms with E-state index in [0.29, 0.717) is 11.1 Å². The highest BCUT2D eigenvalue weighted by Crippen LogP contribution is 2.33. The topological polar surface area (TPSA) is 51.0 Å². The first kappa shape index (κ1) is 20.1. The quantitative estimate of drug-likeness (QED) is 0.702. The van der Waals surface area contributed by atoms with Gasteiger partial charge < -0.3 is 4.90 Å². The van der Waals surface area contributed by atoms with Gasteiger partial charge in [-0.2, -0.15) is 5.10 Å². The van der Waals surface area contributed by atoms with Crippen molar-refractivity contribution in [2.45, 2.75) is 51.9 Å². The van der Waals surface area contributed by atoms with Crippen molar-refractivity contribution in [3.63, 3.8) is 0 Å². The number of aryl methyl sites for hydroxylation is 2. The van der Waals surface area contributed by atoms with Crippen molar-refractivity contribution < 1.29 is 4.79 Å². The lowest BCUT2D eigenvalue weighted by Gasteiger charge is -2.30. The molecule has 5 nitrogen and oxygen atoms in total. The van der Waals surface area contributed by atoms with Gasteiger partial charge >= 0.3 is 0 Å². The number of likely N-dealkylation sites (tertiary alicyclic amines) is 1. The Morgan fingerprint density at radius 1 is 1.33 bits per heavy atom. The molecular formula is C20H27ClN4OS. The molecule has 0 aromatic carbocycles. The molecule has 2 aromatic rings. The third-order valence-electron chi connectivity index (χ3n) is 5.03. The fourth-order valence-electron chi connectivity index (χ4n) is 3.26. The number of aromatic nitrogens is 3. The third kappa shape index (κ3) is 4.43. The number of amides is 1. The second kappa shape index (κ2) is 7.76. The van der Waals surface area contributed by atoms with Gasteiger partial charge in [0, 0.05) is 48.5 Å². The number of nitrogens with zero attached hydrogens (tertiary/aromatic N) is 4. The van der Waals surface area contributed by atoms with Gasteiger partial charge in [-0.3, -0.25) is 9.48 Å². The highest BCUT2D eigenvalue weighted by molar-refractivity contribution is 7.09. The van der Waals surface area contributed by atoms with E-state index in [1.807, 2.05) is 11.8 Å². The van der Waals surface area contributed by atoms with Crippen LogP contribution in [0.25, 0.3) is 6.08 Å². The maximum absolute atomic E-state index is 12.5. The monoisotopic (exact) mass is 406 g/mol. The summed E-state index contributed by atoms with van der Waals surface area (Å²) in [6, 6.07) is 0. The lowest BCUT2D eigenvalue weighted by Crippen LogP contribution is -2.36. The van der Waals surface area contributed by atoms with Crippen LogP contribution in [0.3, 0.4) is 0 Å². The maximum Gasteiger partial charge on any atom is 0.246 e. The molecule has 3 rings (SSSR count). The van der Waals surface area contributed by atoms with Crippen LogP contribution in [0.5, 0.6) is 0 Å². The van der Waals surface area contributed by atoms with Crippen molar-refractivity contribution >= 4 is 34.9 Å². The van der Waals surface area contributed by atoms with E-state index in [-0.39, 0.29) is 11.3 Å². The molecule has 3 heterocycles. The number of hydrogen-bond acceptors (Lipinski definition) is 4. The summed E-state index contributed by atoms with van der Waals surface area (Å²) in [4.78, 5) is 19.3. The van der Waals surface area contributed by atoms with Crippen LogP contribution in [-0.4, -0.2) is 38.7 Å². The van der Waals surface area contributed by atoms with Gasteiger partial charge in [0.25, 0.3) is 0 Å². The smallest absolute Gasteiger partial charge is 0.246 e. The number of thiazole rings is 1. The molecule has 146 valence electrons. The zero-order chi connectivity index (χ0) is 19.8. The first-order valence-electron chi connectivity index (χ1n) is 9.29. The number of piperidine rings is 1. The van der Waals surface area contributed by atoms with Gasteiger partial charge in [-0.1, -0.05) is 32.4 Å². The summed E-state index contributed by atoms with van der Waals surface area (Å²) in [6.45, 7) is 9.98. The fourth-order valence-corrected chi connectivity index (χ4v) is 4.72. The van der Waals surface area contributed by atoms with Crippen LogP contribution in [0.1, 0.15) is 61.5 Å². The second-order valence-corrected chi connectivity index (χ2v) is 9.42. The minimum atomic E-state index is 0.0299. The predicted octanol–water partition coefficient (Wildman–Crippen LogP) is 4.56. The van der Waals surface area contributed by atoms with Crippen LogP contribution in [0.4, 0.5) is 0 Å². The lowest BCUT2D eigenvalue weighted by molar-refractivity contribution is -0.126. The van der Waals surface area contributed by atoms with E-state index in [4.69, 9.17) is 16.6 Å². The van der Waals surface area contributed by atoms with Crippen molar-refractivity contribution in [1.29, 1.82) is 0 Å². The van der Waals surface area contributed by atoms with E-state index < -0.39 is 0 Å². The van der Waals surface area contributed by atoms with Gasteiger partial charge in [0.2, 0.25) is 5.91 Å². The number of carbonyl (C=O) groups is 1. The molecule has 0 bridgehead atoms. The van der Waals surface area contributed by atoms with Crippen molar-refractivity contribution in [2.75, 3.05) is 13.1 Å². The molecule has 0 saturated carbocycles. The minimum Gasteiger partial charge on any atom is -0.339 e. The van der Waals surface area contributed by atoms with E-state index in [0.717, 1.165) is 42.9 Å². The van der Waals surface area contributed by atoms with E-state index in [1.165, 1.54) is 5.01 Å². The Labute approximate surface area is 170 Å². The summed E-state index contributed by atoms with van der Waals surface area (Å²) in [5.74, 6) is 0.483. The van der Waals surface area contributed by atoms with Crippen LogP contribution in [0.2, 0.25) is 5.15 Å². The van der Waals surface area contributed by atoms with E-state index in [2.05, 4.69) is 31.2 Å². The molecular weight excluding hydrogens is 380 g/mol. The number of halogens is 1. The summed E-state index contributed by atoms with van der Waals surface area (Å²) in [7, 11) is 1.79. The number of rotatable bonds is 3. The van der Waals surface area contributed by atoms with Crippen LogP contribution >= 0.6 is 22.9 Å². The van der Waals surface area contributed by atoms with Crippen molar-refractivity contribution in [3.8, 4) is 0 Å². The molecule has 1 aliphatic rings. The molecule has 27 heavy (non-hydrogen) atoms. The summed E-state index contributed by atoms with van der Waals surface area (Å²) < 4.78 is 1.62. The van der Waals surface area contributed by atoms with Gasteiger partial charge in [-0.25, -0.2) is 4.98 Å². The normalized spacial score (nSPS) is 16.4. The lowest BCUT2D eigenvalue weighted by atomic mass is 9.93. The van der Waals surface area contributed by atoms with Crippen molar-refractivity contribution in [2.24, 2.45) is 7.05 Å². The fraction of sp³-hybridized carbons (Fsp3) is 0.550. The number of hydrogen-bond donors (Lipinski definition) is 0. The van der Waals surface area contributed by atoms with Crippen LogP contribution < -0.4 is 0 Å². The summed E-state index contributed by atoms with van der Waals surface area (Å²) >= 11 is 7.98. The number of carbonyl (C=O) groups excluding carboxylic acids is 1. The molecule has 0 atom stereocenters. The molecule has 2 aromatic heterocycles. The Hall–Kier alpha value is -1.66. The summed E-state index contributed by atoms with van der Waals surface area (Å²) in [6.07, 6.45) is 5.31. The second-order valence-electron chi connectivity index (χ2n) is 8.17. The Balaban J connectivity index is 1.59. The minimum absolute atomic E-state index is 0.0299. The molecule has 7 heteroatoms. The maximum atomic E-state index is 12.5. The Bertz CT molecular complexity index is 854. The SMILES string of the molecule is Cc1nn(C)c(Cl)c1C=CC(=O)N1CCC(c2nc(C(C)(C)C)cs2)CC1. The zero-order valence-corrected chi connectivity index (χ0v) is 18.2. The van der Waals surface area contributed by atoms with E-state index in [9.17, 15) is 4.79 Å².